The van der Waals surface area contributed by atoms with E-state index in [2.05, 4.69) is 10.3 Å². The second kappa shape index (κ2) is 5.24. The number of aromatic nitrogens is 1. The molecule has 1 N–H and O–H groups in total. The molecule has 6 heteroatoms. The van der Waals surface area contributed by atoms with Gasteiger partial charge in [0.1, 0.15) is 0 Å². The van der Waals surface area contributed by atoms with Crippen LogP contribution in [0.4, 0.5) is 11.7 Å². The molecule has 3 aromatic rings. The zero-order valence-electron chi connectivity index (χ0n) is 11.4. The zero-order valence-corrected chi connectivity index (χ0v) is 11.4. The fourth-order valence-corrected chi connectivity index (χ4v) is 2.04. The molecule has 0 atom stereocenters. The van der Waals surface area contributed by atoms with Gasteiger partial charge in [0.25, 0.3) is 11.7 Å². The number of rotatable bonds is 4. The normalized spacial score (nSPS) is 10.7. The molecule has 1 aromatic heterocycles. The van der Waals surface area contributed by atoms with Crippen molar-refractivity contribution in [1.29, 1.82) is 0 Å². The highest BCUT2D eigenvalue weighted by Gasteiger charge is 2.17. The standard InChI is InChI=1S/C15H13N3O3/c1-10-5-7-11(8-6-10)9-16-15-17-14-12(18(19)20)3-2-4-13(14)21-15/h2-8H,9H2,1H3,(H,16,17). The number of hydrogen-bond acceptors (Lipinski definition) is 5. The number of nitrogens with one attached hydrogen (secondary N) is 1. The maximum absolute atomic E-state index is 10.9. The number of para-hydroxylation sites is 1. The van der Waals surface area contributed by atoms with Gasteiger partial charge >= 0.3 is 0 Å². The summed E-state index contributed by atoms with van der Waals surface area (Å²) in [6, 6.07) is 13.0. The van der Waals surface area contributed by atoms with Gasteiger partial charge < -0.3 is 9.73 Å². The first-order valence-corrected chi connectivity index (χ1v) is 6.47. The number of nitro benzene ring substituents is 1. The third kappa shape index (κ3) is 2.69. The summed E-state index contributed by atoms with van der Waals surface area (Å²) in [5.74, 6) is 0. The van der Waals surface area contributed by atoms with Crippen LogP contribution in [0.3, 0.4) is 0 Å². The number of anilines is 1. The van der Waals surface area contributed by atoms with E-state index < -0.39 is 4.92 Å². The van der Waals surface area contributed by atoms with Crippen molar-refractivity contribution in [1.82, 2.24) is 4.98 Å². The third-order valence-electron chi connectivity index (χ3n) is 3.16. The topological polar surface area (TPSA) is 81.2 Å². The van der Waals surface area contributed by atoms with Crippen molar-refractivity contribution in [2.75, 3.05) is 5.32 Å². The van der Waals surface area contributed by atoms with Crippen molar-refractivity contribution < 1.29 is 9.34 Å². The summed E-state index contributed by atoms with van der Waals surface area (Å²) in [5.41, 5.74) is 2.87. The molecule has 21 heavy (non-hydrogen) atoms. The molecule has 0 amide bonds. The molecule has 0 bridgehead atoms. The van der Waals surface area contributed by atoms with E-state index in [1.54, 1.807) is 12.1 Å². The molecule has 106 valence electrons. The highest BCUT2D eigenvalue weighted by molar-refractivity contribution is 5.83. The van der Waals surface area contributed by atoms with E-state index in [1.165, 1.54) is 11.6 Å². The number of benzene rings is 2. The molecule has 0 unspecified atom stereocenters. The minimum absolute atomic E-state index is 0.0559. The first-order chi connectivity index (χ1) is 10.1. The van der Waals surface area contributed by atoms with Crippen molar-refractivity contribution in [3.63, 3.8) is 0 Å². The monoisotopic (exact) mass is 283 g/mol. The van der Waals surface area contributed by atoms with Crippen LogP contribution in [0, 0.1) is 17.0 Å². The van der Waals surface area contributed by atoms with Crippen LogP contribution in [0.5, 0.6) is 0 Å². The fourth-order valence-electron chi connectivity index (χ4n) is 2.04. The summed E-state index contributed by atoms with van der Waals surface area (Å²) in [7, 11) is 0. The summed E-state index contributed by atoms with van der Waals surface area (Å²) in [4.78, 5) is 14.6. The van der Waals surface area contributed by atoms with Crippen molar-refractivity contribution in [3.8, 4) is 0 Å². The molecule has 2 aromatic carbocycles. The Morgan fingerprint density at radius 2 is 2.00 bits per heavy atom. The van der Waals surface area contributed by atoms with Crippen LogP contribution in [0.1, 0.15) is 11.1 Å². The van der Waals surface area contributed by atoms with Crippen molar-refractivity contribution in [2.45, 2.75) is 13.5 Å². The maximum atomic E-state index is 10.9. The number of non-ortho nitro benzene ring substituents is 1. The predicted molar refractivity (Wildman–Crippen MR) is 79.2 cm³/mol. The average Bonchev–Trinajstić information content (AvgIpc) is 2.89. The Morgan fingerprint density at radius 3 is 2.71 bits per heavy atom. The van der Waals surface area contributed by atoms with E-state index in [4.69, 9.17) is 4.42 Å². The van der Waals surface area contributed by atoms with E-state index in [1.807, 2.05) is 31.2 Å². The Balaban J connectivity index is 1.83. The van der Waals surface area contributed by atoms with E-state index >= 15 is 0 Å². The Labute approximate surface area is 120 Å². The lowest BCUT2D eigenvalue weighted by Crippen LogP contribution is -1.99. The van der Waals surface area contributed by atoms with Crippen LogP contribution in [0.2, 0.25) is 0 Å². The lowest BCUT2D eigenvalue weighted by atomic mass is 10.1. The second-order valence-corrected chi connectivity index (χ2v) is 4.74. The number of aryl methyl sites for hydroxylation is 1. The molecular weight excluding hydrogens is 270 g/mol. The summed E-state index contributed by atoms with van der Waals surface area (Å²) in [5, 5.41) is 14.0. The summed E-state index contributed by atoms with van der Waals surface area (Å²) < 4.78 is 5.48. The molecule has 3 rings (SSSR count). The molecule has 0 radical (unpaired) electrons. The minimum Gasteiger partial charge on any atom is -0.423 e. The number of hydrogen-bond donors (Lipinski definition) is 1. The van der Waals surface area contributed by atoms with Gasteiger partial charge in [0.2, 0.25) is 0 Å². The van der Waals surface area contributed by atoms with Crippen LogP contribution in [-0.2, 0) is 6.54 Å². The molecule has 6 nitrogen and oxygen atoms in total. The van der Waals surface area contributed by atoms with Gasteiger partial charge in [-0.25, -0.2) is 0 Å². The summed E-state index contributed by atoms with van der Waals surface area (Å²) >= 11 is 0. The highest BCUT2D eigenvalue weighted by atomic mass is 16.6. The van der Waals surface area contributed by atoms with Crippen LogP contribution in [-0.4, -0.2) is 9.91 Å². The Bertz CT molecular complexity index is 794. The van der Waals surface area contributed by atoms with Gasteiger partial charge in [-0.05, 0) is 18.6 Å². The number of oxazole rings is 1. The van der Waals surface area contributed by atoms with Gasteiger partial charge in [0, 0.05) is 12.6 Å². The maximum Gasteiger partial charge on any atom is 0.298 e. The molecule has 0 spiro atoms. The molecule has 0 aliphatic rings. The smallest absolute Gasteiger partial charge is 0.298 e. The van der Waals surface area contributed by atoms with Crippen molar-refractivity contribution in [3.05, 3.63) is 63.7 Å². The van der Waals surface area contributed by atoms with E-state index in [0.717, 1.165) is 5.56 Å². The Hall–Kier alpha value is -2.89. The fraction of sp³-hybridized carbons (Fsp3) is 0.133. The Morgan fingerprint density at radius 1 is 1.24 bits per heavy atom. The largest absolute Gasteiger partial charge is 0.423 e. The molecular formula is C15H13N3O3. The van der Waals surface area contributed by atoms with E-state index in [0.29, 0.717) is 12.1 Å². The van der Waals surface area contributed by atoms with Gasteiger partial charge in [-0.2, -0.15) is 4.98 Å². The zero-order chi connectivity index (χ0) is 14.8. The molecule has 0 saturated carbocycles. The van der Waals surface area contributed by atoms with Gasteiger partial charge in [-0.3, -0.25) is 10.1 Å². The number of nitrogens with zero attached hydrogens (tertiary/aromatic N) is 2. The first kappa shape index (κ1) is 13.1. The third-order valence-corrected chi connectivity index (χ3v) is 3.16. The minimum atomic E-state index is -0.464. The molecule has 0 aliphatic heterocycles. The number of fused-ring (bicyclic) bond motifs is 1. The van der Waals surface area contributed by atoms with E-state index in [-0.39, 0.29) is 17.2 Å². The predicted octanol–water partition coefficient (Wildman–Crippen LogP) is 3.66. The lowest BCUT2D eigenvalue weighted by Gasteiger charge is -2.02. The number of nitro groups is 1. The van der Waals surface area contributed by atoms with Crippen molar-refractivity contribution >= 4 is 22.8 Å². The molecule has 0 fully saturated rings. The SMILES string of the molecule is Cc1ccc(CNc2nc3c([N+](=O)[O-])cccc3o2)cc1. The first-order valence-electron chi connectivity index (χ1n) is 6.47. The Kier molecular flexibility index (Phi) is 3.27. The quantitative estimate of drug-likeness (QED) is 0.583. The molecule has 0 aliphatic carbocycles. The molecule has 1 heterocycles. The van der Waals surface area contributed by atoms with Crippen LogP contribution < -0.4 is 5.32 Å². The van der Waals surface area contributed by atoms with Crippen LogP contribution >= 0.6 is 0 Å². The van der Waals surface area contributed by atoms with Crippen molar-refractivity contribution in [2.24, 2.45) is 0 Å². The average molecular weight is 283 g/mol. The summed E-state index contributed by atoms with van der Waals surface area (Å²) in [6.45, 7) is 2.57. The molecule has 0 saturated heterocycles. The van der Waals surface area contributed by atoms with Gasteiger partial charge in [0.05, 0.1) is 4.92 Å². The van der Waals surface area contributed by atoms with Crippen LogP contribution in [0.25, 0.3) is 11.1 Å². The van der Waals surface area contributed by atoms with Gasteiger partial charge in [-0.1, -0.05) is 35.9 Å². The van der Waals surface area contributed by atoms with Crippen LogP contribution in [0.15, 0.2) is 46.9 Å². The van der Waals surface area contributed by atoms with Gasteiger partial charge in [-0.15, -0.1) is 0 Å². The second-order valence-electron chi connectivity index (χ2n) is 4.74. The van der Waals surface area contributed by atoms with Gasteiger partial charge in [0.15, 0.2) is 11.1 Å². The van der Waals surface area contributed by atoms with E-state index in [9.17, 15) is 10.1 Å². The highest BCUT2D eigenvalue weighted by Crippen LogP contribution is 2.27. The lowest BCUT2D eigenvalue weighted by molar-refractivity contribution is -0.383. The summed E-state index contributed by atoms with van der Waals surface area (Å²) in [6.07, 6.45) is 0.